The van der Waals surface area contributed by atoms with Crippen molar-refractivity contribution in [3.63, 3.8) is 0 Å². The van der Waals surface area contributed by atoms with Crippen molar-refractivity contribution in [1.29, 1.82) is 0 Å². The number of rotatable bonds is 7. The Morgan fingerprint density at radius 3 is 2.85 bits per heavy atom. The quantitative estimate of drug-likeness (QED) is 0.573. The van der Waals surface area contributed by atoms with Gasteiger partial charge in [-0.25, -0.2) is 9.18 Å². The van der Waals surface area contributed by atoms with Crippen molar-refractivity contribution in [2.75, 3.05) is 42.6 Å². The number of aliphatic hydroxyl groups excluding tert-OH is 2. The number of hydrogen-bond acceptors (Lipinski definition) is 10. The summed E-state index contributed by atoms with van der Waals surface area (Å²) >= 11 is 1.01. The molecule has 1 aromatic carbocycles. The van der Waals surface area contributed by atoms with Crippen LogP contribution in [0.5, 0.6) is 5.88 Å². The number of ether oxygens (including phenoxy) is 2. The minimum absolute atomic E-state index is 0.0799. The third-order valence-corrected chi connectivity index (χ3v) is 6.63. The normalized spacial score (nSPS) is 25.0. The van der Waals surface area contributed by atoms with Gasteiger partial charge in [-0.3, -0.25) is 9.69 Å². The molecule has 0 aliphatic carbocycles. The van der Waals surface area contributed by atoms with E-state index < -0.39 is 36.6 Å². The summed E-state index contributed by atoms with van der Waals surface area (Å²) in [6, 6.07) is 4.36. The summed E-state index contributed by atoms with van der Waals surface area (Å²) in [5, 5.41) is 18.6. The average molecular weight is 479 g/mol. The Morgan fingerprint density at radius 2 is 2.18 bits per heavy atom. The maximum Gasteiger partial charge on any atom is 0.414 e. The molecule has 176 valence electrons. The third-order valence-electron chi connectivity index (χ3n) is 6.17. The molecule has 33 heavy (non-hydrogen) atoms. The van der Waals surface area contributed by atoms with Gasteiger partial charge in [-0.15, -0.1) is 4.37 Å². The zero-order chi connectivity index (χ0) is 23.1. The number of aromatic nitrogens is 2. The van der Waals surface area contributed by atoms with Gasteiger partial charge in [0, 0.05) is 19.1 Å². The zero-order valence-corrected chi connectivity index (χ0v) is 18.2. The van der Waals surface area contributed by atoms with Crippen molar-refractivity contribution in [1.82, 2.24) is 13.6 Å². The Labute approximate surface area is 192 Å². The average Bonchev–Trinajstić information content (AvgIpc) is 3.60. The van der Waals surface area contributed by atoms with Gasteiger partial charge in [-0.2, -0.15) is 4.37 Å². The molecule has 0 unspecified atom stereocenters. The van der Waals surface area contributed by atoms with E-state index in [1.165, 1.54) is 17.2 Å². The van der Waals surface area contributed by atoms with Gasteiger partial charge in [0.15, 0.2) is 12.2 Å². The highest BCUT2D eigenvalue weighted by Gasteiger charge is 2.47. The monoisotopic (exact) mass is 479 g/mol. The minimum atomic E-state index is -1.43. The fourth-order valence-electron chi connectivity index (χ4n) is 4.62. The Morgan fingerprint density at radius 1 is 1.33 bits per heavy atom. The molecule has 2 amide bonds. The van der Waals surface area contributed by atoms with Crippen LogP contribution >= 0.6 is 11.7 Å². The van der Waals surface area contributed by atoms with Crippen LogP contribution in [0, 0.1) is 5.82 Å². The van der Waals surface area contributed by atoms with Crippen molar-refractivity contribution in [3.8, 4) is 5.88 Å². The molecule has 2 N–H and O–H groups in total. The van der Waals surface area contributed by atoms with Gasteiger partial charge in [0.05, 0.1) is 42.3 Å². The molecule has 13 heteroatoms. The summed E-state index contributed by atoms with van der Waals surface area (Å²) in [4.78, 5) is 29.3. The van der Waals surface area contributed by atoms with Crippen LogP contribution in [0.15, 0.2) is 24.4 Å². The van der Waals surface area contributed by atoms with E-state index in [2.05, 4.69) is 8.75 Å². The molecule has 3 fully saturated rings. The van der Waals surface area contributed by atoms with Crippen LogP contribution in [0.4, 0.5) is 20.6 Å². The number of aliphatic hydroxyl groups is 2. The number of nitrogens with zero attached hydrogens (tertiary/aromatic N) is 5. The molecule has 11 nitrogen and oxygen atoms in total. The number of halogens is 1. The standard InChI is InChI=1S/C20H22FN5O6S/c21-15-4-11(26-8-14(32-20(26)30)10-31-18-5-22-33-23-18)1-2-16(15)24-6-13-3-12(24)7-25(13)19(29)17(28)9-27/h1-2,4-5,12-14,17,27-28H,3,6-10H2/t12-,13-,14+,17-/m0/s1. The molecule has 0 radical (unpaired) electrons. The molecule has 0 spiro atoms. The van der Waals surface area contributed by atoms with E-state index in [9.17, 15) is 14.7 Å². The number of fused-ring (bicyclic) bond motifs is 2. The van der Waals surface area contributed by atoms with Gasteiger partial charge >= 0.3 is 6.09 Å². The lowest BCUT2D eigenvalue weighted by molar-refractivity contribution is -0.143. The number of amides is 2. The maximum atomic E-state index is 15.1. The number of likely N-dealkylation sites (tertiary alicyclic amines) is 1. The Kier molecular flexibility index (Phi) is 5.76. The van der Waals surface area contributed by atoms with Gasteiger partial charge in [0.2, 0.25) is 5.88 Å². The maximum absolute atomic E-state index is 15.1. The lowest BCUT2D eigenvalue weighted by atomic mass is 10.2. The number of carbonyl (C=O) groups excluding carboxylic acids is 2. The highest BCUT2D eigenvalue weighted by Crippen LogP contribution is 2.37. The van der Waals surface area contributed by atoms with Crippen LogP contribution in [0.3, 0.4) is 0 Å². The second-order valence-corrected chi connectivity index (χ2v) is 8.75. The molecule has 2 bridgehead atoms. The summed E-state index contributed by atoms with van der Waals surface area (Å²) in [6.45, 7) is 0.498. The van der Waals surface area contributed by atoms with Crippen molar-refractivity contribution in [3.05, 3.63) is 30.2 Å². The minimum Gasteiger partial charge on any atom is -0.472 e. The van der Waals surface area contributed by atoms with E-state index >= 15 is 4.39 Å². The van der Waals surface area contributed by atoms with Gasteiger partial charge < -0.3 is 29.5 Å². The van der Waals surface area contributed by atoms with Gasteiger partial charge in [0.25, 0.3) is 5.91 Å². The first-order valence-electron chi connectivity index (χ1n) is 10.5. The number of piperazine rings is 1. The predicted octanol–water partition coefficient (Wildman–Crippen LogP) is 0.224. The first-order valence-corrected chi connectivity index (χ1v) is 11.2. The van der Waals surface area contributed by atoms with E-state index in [-0.39, 0.29) is 25.2 Å². The topological polar surface area (TPSA) is 129 Å². The Balaban J connectivity index is 1.23. The summed E-state index contributed by atoms with van der Waals surface area (Å²) in [5.41, 5.74) is 0.774. The van der Waals surface area contributed by atoms with Gasteiger partial charge in [0.1, 0.15) is 18.6 Å². The van der Waals surface area contributed by atoms with Crippen LogP contribution in [-0.4, -0.2) is 93.0 Å². The van der Waals surface area contributed by atoms with E-state index in [0.29, 0.717) is 36.8 Å². The second-order valence-electron chi connectivity index (χ2n) is 8.19. The molecule has 3 aliphatic heterocycles. The molecular weight excluding hydrogens is 457 g/mol. The number of cyclic esters (lactones) is 1. The van der Waals surface area contributed by atoms with E-state index in [1.54, 1.807) is 17.0 Å². The largest absolute Gasteiger partial charge is 0.472 e. The number of anilines is 2. The lowest BCUT2D eigenvalue weighted by Gasteiger charge is -2.36. The van der Waals surface area contributed by atoms with Crippen LogP contribution in [0.1, 0.15) is 6.42 Å². The van der Waals surface area contributed by atoms with E-state index in [0.717, 1.165) is 11.7 Å². The number of hydrogen-bond donors (Lipinski definition) is 2. The van der Waals surface area contributed by atoms with Crippen LogP contribution in [-0.2, 0) is 9.53 Å². The molecule has 5 rings (SSSR count). The van der Waals surface area contributed by atoms with Gasteiger partial charge in [-0.05, 0) is 24.6 Å². The zero-order valence-electron chi connectivity index (χ0n) is 17.4. The summed E-state index contributed by atoms with van der Waals surface area (Å²) in [7, 11) is 0. The lowest BCUT2D eigenvalue weighted by Crippen LogP contribution is -2.52. The van der Waals surface area contributed by atoms with E-state index in [4.69, 9.17) is 14.6 Å². The summed E-state index contributed by atoms with van der Waals surface area (Å²) in [5.74, 6) is -0.622. The van der Waals surface area contributed by atoms with Crippen molar-refractivity contribution >= 4 is 35.1 Å². The van der Waals surface area contributed by atoms with Crippen molar-refractivity contribution < 1.29 is 33.7 Å². The summed E-state index contributed by atoms with van der Waals surface area (Å²) in [6.07, 6.45) is -0.387. The first-order chi connectivity index (χ1) is 15.9. The number of carbonyl (C=O) groups is 2. The van der Waals surface area contributed by atoms with Crippen LogP contribution in [0.2, 0.25) is 0 Å². The fraction of sp³-hybridized carbons (Fsp3) is 0.500. The predicted molar refractivity (Wildman–Crippen MR) is 114 cm³/mol. The molecule has 0 saturated carbocycles. The van der Waals surface area contributed by atoms with E-state index in [1.807, 2.05) is 4.90 Å². The van der Waals surface area contributed by atoms with Gasteiger partial charge in [-0.1, -0.05) is 0 Å². The Bertz CT molecular complexity index is 1040. The molecule has 2 aromatic rings. The van der Waals surface area contributed by atoms with Crippen LogP contribution < -0.4 is 14.5 Å². The smallest absolute Gasteiger partial charge is 0.414 e. The van der Waals surface area contributed by atoms with Crippen molar-refractivity contribution in [2.24, 2.45) is 0 Å². The second kappa shape index (κ2) is 8.72. The molecule has 4 heterocycles. The molecule has 4 atom stereocenters. The highest BCUT2D eigenvalue weighted by atomic mass is 32.1. The molecule has 3 aliphatic rings. The number of benzene rings is 1. The highest BCUT2D eigenvalue weighted by molar-refractivity contribution is 6.99. The van der Waals surface area contributed by atoms with Crippen LogP contribution in [0.25, 0.3) is 0 Å². The molecule has 1 aromatic heterocycles. The Hall–Kier alpha value is -3.03. The first kappa shape index (κ1) is 21.8. The summed E-state index contributed by atoms with van der Waals surface area (Å²) < 4.78 is 33.6. The fourth-order valence-corrected chi connectivity index (χ4v) is 4.98. The third kappa shape index (κ3) is 4.07. The molecular formula is C20H22FN5O6S. The molecule has 3 saturated heterocycles. The van der Waals surface area contributed by atoms with Crippen molar-refractivity contribution in [2.45, 2.75) is 30.7 Å². The SMILES string of the molecule is O=C1O[C@@H](COc2cnsn2)CN1c1ccc(N2C[C@@H]3C[C@H]2CN3C(=O)[C@@H](O)CO)c(F)c1.